The highest BCUT2D eigenvalue weighted by molar-refractivity contribution is 5.85. The van der Waals surface area contributed by atoms with Gasteiger partial charge in [0.25, 0.3) is 0 Å². The van der Waals surface area contributed by atoms with Gasteiger partial charge in [-0.15, -0.1) is 0 Å². The third-order valence-electron chi connectivity index (χ3n) is 4.66. The fourth-order valence-electron chi connectivity index (χ4n) is 3.24. The molecule has 4 heteroatoms. The number of alkyl halides is 2. The molecular formula is C23H19F2NO. The second-order valence-corrected chi connectivity index (χ2v) is 6.61. The quantitative estimate of drug-likeness (QED) is 0.408. The Hall–Kier alpha value is -3.14. The smallest absolute Gasteiger partial charge is 0.387 e. The number of halogens is 2. The molecule has 0 radical (unpaired) electrons. The molecule has 0 amide bonds. The van der Waals surface area contributed by atoms with Crippen LogP contribution in [0.1, 0.15) is 11.1 Å². The lowest BCUT2D eigenvalue weighted by Gasteiger charge is -2.08. The van der Waals surface area contributed by atoms with E-state index in [4.69, 9.17) is 0 Å². The normalized spacial score (nSPS) is 11.3. The van der Waals surface area contributed by atoms with E-state index >= 15 is 0 Å². The molecule has 136 valence electrons. The highest BCUT2D eigenvalue weighted by Gasteiger charge is 2.07. The van der Waals surface area contributed by atoms with E-state index in [9.17, 15) is 8.78 Å². The number of benzene rings is 3. The second-order valence-electron chi connectivity index (χ2n) is 6.61. The van der Waals surface area contributed by atoms with Gasteiger partial charge >= 0.3 is 6.61 Å². The molecule has 4 aromatic rings. The first-order valence-corrected chi connectivity index (χ1v) is 8.78. The predicted molar refractivity (Wildman–Crippen MR) is 104 cm³/mol. The van der Waals surface area contributed by atoms with Crippen molar-refractivity contribution in [2.75, 3.05) is 0 Å². The zero-order chi connectivity index (χ0) is 18.8. The average Bonchev–Trinajstić information content (AvgIpc) is 3.06. The molecule has 0 spiro atoms. The number of ether oxygens (including phenoxy) is 1. The summed E-state index contributed by atoms with van der Waals surface area (Å²) in [6, 6.07) is 23.6. The maximum Gasteiger partial charge on any atom is 0.387 e. The van der Waals surface area contributed by atoms with Crippen LogP contribution in [0.5, 0.6) is 5.75 Å². The van der Waals surface area contributed by atoms with Gasteiger partial charge in [-0.25, -0.2) is 0 Å². The summed E-state index contributed by atoms with van der Waals surface area (Å²) in [4.78, 5) is 0. The maximum atomic E-state index is 12.3. The SMILES string of the molecule is Cc1ccc(Cn2ccc3cc(-c4ccc(OC(F)F)cc4)ccc32)cc1. The third kappa shape index (κ3) is 3.85. The van der Waals surface area contributed by atoms with E-state index in [0.29, 0.717) is 0 Å². The molecule has 0 fully saturated rings. The minimum atomic E-state index is -2.81. The van der Waals surface area contributed by atoms with Crippen molar-refractivity contribution in [2.24, 2.45) is 0 Å². The summed E-state index contributed by atoms with van der Waals surface area (Å²) in [6.07, 6.45) is 2.09. The van der Waals surface area contributed by atoms with Gasteiger partial charge in [0, 0.05) is 23.6 Å². The molecule has 4 rings (SSSR count). The Morgan fingerprint density at radius 3 is 2.26 bits per heavy atom. The largest absolute Gasteiger partial charge is 0.435 e. The highest BCUT2D eigenvalue weighted by atomic mass is 19.3. The number of fused-ring (bicyclic) bond motifs is 1. The minimum absolute atomic E-state index is 0.166. The van der Waals surface area contributed by atoms with Gasteiger partial charge in [-0.1, -0.05) is 48.0 Å². The Morgan fingerprint density at radius 2 is 1.56 bits per heavy atom. The van der Waals surface area contributed by atoms with Gasteiger partial charge in [-0.3, -0.25) is 0 Å². The van der Waals surface area contributed by atoms with Crippen molar-refractivity contribution in [3.63, 3.8) is 0 Å². The molecule has 2 nitrogen and oxygen atoms in total. The van der Waals surface area contributed by atoms with Crippen LogP contribution < -0.4 is 4.74 Å². The lowest BCUT2D eigenvalue weighted by Crippen LogP contribution is -2.01. The number of rotatable bonds is 5. The van der Waals surface area contributed by atoms with Gasteiger partial charge in [-0.2, -0.15) is 8.78 Å². The molecule has 0 bridgehead atoms. The van der Waals surface area contributed by atoms with Crippen LogP contribution in [-0.2, 0) is 6.54 Å². The number of hydrogen-bond donors (Lipinski definition) is 0. The molecule has 27 heavy (non-hydrogen) atoms. The molecule has 0 aliphatic carbocycles. The van der Waals surface area contributed by atoms with Crippen LogP contribution in [0, 0.1) is 6.92 Å². The van der Waals surface area contributed by atoms with Crippen molar-refractivity contribution in [3.8, 4) is 16.9 Å². The lowest BCUT2D eigenvalue weighted by atomic mass is 10.0. The van der Waals surface area contributed by atoms with Crippen molar-refractivity contribution in [1.29, 1.82) is 0 Å². The fourth-order valence-corrected chi connectivity index (χ4v) is 3.24. The zero-order valence-corrected chi connectivity index (χ0v) is 14.9. The fraction of sp³-hybridized carbons (Fsp3) is 0.130. The van der Waals surface area contributed by atoms with Crippen LogP contribution in [0.4, 0.5) is 8.78 Å². The summed E-state index contributed by atoms with van der Waals surface area (Å²) in [6.45, 7) is 0.103. The van der Waals surface area contributed by atoms with Crippen LogP contribution in [0.15, 0.2) is 79.0 Å². The van der Waals surface area contributed by atoms with Gasteiger partial charge in [0.2, 0.25) is 0 Å². The molecule has 1 aromatic heterocycles. The van der Waals surface area contributed by atoms with Gasteiger partial charge in [-0.05, 0) is 53.9 Å². The summed E-state index contributed by atoms with van der Waals surface area (Å²) in [7, 11) is 0. The van der Waals surface area contributed by atoms with E-state index < -0.39 is 6.61 Å². The molecule has 3 aromatic carbocycles. The van der Waals surface area contributed by atoms with Crippen molar-refractivity contribution in [3.05, 3.63) is 90.1 Å². The number of nitrogens with zero attached hydrogens (tertiary/aromatic N) is 1. The first-order valence-electron chi connectivity index (χ1n) is 8.78. The van der Waals surface area contributed by atoms with Gasteiger partial charge in [0.05, 0.1) is 0 Å². The van der Waals surface area contributed by atoms with E-state index in [1.54, 1.807) is 24.3 Å². The number of hydrogen-bond acceptors (Lipinski definition) is 1. The summed E-state index contributed by atoms with van der Waals surface area (Å²) in [5.41, 5.74) is 5.68. The van der Waals surface area contributed by atoms with Crippen LogP contribution >= 0.6 is 0 Å². The summed E-state index contributed by atoms with van der Waals surface area (Å²) >= 11 is 0. The Bertz CT molecular complexity index is 1050. The first kappa shape index (κ1) is 17.3. The van der Waals surface area contributed by atoms with E-state index in [1.807, 2.05) is 0 Å². The summed E-state index contributed by atoms with van der Waals surface area (Å²) in [5.74, 6) is 0.166. The Labute approximate surface area is 156 Å². The molecule has 0 aliphatic heterocycles. The summed E-state index contributed by atoms with van der Waals surface area (Å²) in [5, 5.41) is 1.15. The Balaban J connectivity index is 1.59. The van der Waals surface area contributed by atoms with Gasteiger partial charge in [0.1, 0.15) is 5.75 Å². The zero-order valence-electron chi connectivity index (χ0n) is 14.9. The topological polar surface area (TPSA) is 14.2 Å². The van der Waals surface area contributed by atoms with E-state index in [1.165, 1.54) is 11.1 Å². The van der Waals surface area contributed by atoms with Gasteiger partial charge < -0.3 is 9.30 Å². The minimum Gasteiger partial charge on any atom is -0.435 e. The maximum absolute atomic E-state index is 12.3. The van der Waals surface area contributed by atoms with Crippen molar-refractivity contribution in [2.45, 2.75) is 20.1 Å². The average molecular weight is 363 g/mol. The molecule has 0 saturated heterocycles. The Kier molecular flexibility index (Phi) is 4.63. The van der Waals surface area contributed by atoms with E-state index in [-0.39, 0.29) is 5.75 Å². The Morgan fingerprint density at radius 1 is 0.852 bits per heavy atom. The van der Waals surface area contributed by atoms with Crippen molar-refractivity contribution >= 4 is 10.9 Å². The predicted octanol–water partition coefficient (Wildman–Crippen LogP) is 6.27. The first-order chi connectivity index (χ1) is 13.1. The molecule has 0 aliphatic rings. The second kappa shape index (κ2) is 7.23. The van der Waals surface area contributed by atoms with Gasteiger partial charge in [0.15, 0.2) is 0 Å². The molecule has 1 heterocycles. The summed E-state index contributed by atoms with van der Waals surface area (Å²) < 4.78 is 31.2. The third-order valence-corrected chi connectivity index (χ3v) is 4.66. The standard InChI is InChI=1S/C23H19F2NO/c1-16-2-4-17(5-3-16)15-26-13-12-20-14-19(8-11-22(20)26)18-6-9-21(10-7-18)27-23(24)25/h2-14,23H,15H2,1H3. The van der Waals surface area contributed by atoms with Crippen LogP contribution in [0.3, 0.4) is 0 Å². The van der Waals surface area contributed by atoms with Crippen LogP contribution in [0.2, 0.25) is 0 Å². The van der Waals surface area contributed by atoms with Crippen molar-refractivity contribution in [1.82, 2.24) is 4.57 Å². The molecule has 0 saturated carbocycles. The number of aromatic nitrogens is 1. The molecule has 0 atom stereocenters. The van der Waals surface area contributed by atoms with Crippen molar-refractivity contribution < 1.29 is 13.5 Å². The number of aryl methyl sites for hydroxylation is 1. The lowest BCUT2D eigenvalue weighted by molar-refractivity contribution is -0.0498. The van der Waals surface area contributed by atoms with E-state index in [2.05, 4.69) is 71.0 Å². The molecular weight excluding hydrogens is 344 g/mol. The van der Waals surface area contributed by atoms with Crippen LogP contribution in [0.25, 0.3) is 22.0 Å². The van der Waals surface area contributed by atoms with Crippen LogP contribution in [-0.4, -0.2) is 11.2 Å². The molecule has 0 N–H and O–H groups in total. The monoisotopic (exact) mass is 363 g/mol. The highest BCUT2D eigenvalue weighted by Crippen LogP contribution is 2.27. The molecule has 0 unspecified atom stereocenters. The van der Waals surface area contributed by atoms with E-state index in [0.717, 1.165) is 28.6 Å².